The molecule has 0 aliphatic carbocycles. The van der Waals surface area contributed by atoms with Crippen LogP contribution in [0.5, 0.6) is 0 Å². The fourth-order valence-corrected chi connectivity index (χ4v) is 3.39. The number of esters is 1. The van der Waals surface area contributed by atoms with Crippen LogP contribution in [0, 0.1) is 3.57 Å². The van der Waals surface area contributed by atoms with Gasteiger partial charge in [0.05, 0.1) is 12.4 Å². The minimum absolute atomic E-state index is 0.0334. The van der Waals surface area contributed by atoms with E-state index in [4.69, 9.17) is 10.5 Å². The van der Waals surface area contributed by atoms with E-state index in [0.717, 1.165) is 26.6 Å². The second-order valence-electron chi connectivity index (χ2n) is 5.90. The van der Waals surface area contributed by atoms with Crippen molar-refractivity contribution in [2.24, 2.45) is 0 Å². The second kappa shape index (κ2) is 9.88. The summed E-state index contributed by atoms with van der Waals surface area (Å²) in [6.45, 7) is 6.11. The average molecular weight is 500 g/mol. The number of halogens is 1. The van der Waals surface area contributed by atoms with Gasteiger partial charge in [0.1, 0.15) is 11.4 Å². The highest BCUT2D eigenvalue weighted by Gasteiger charge is 2.15. The molecule has 0 bridgehead atoms. The second-order valence-corrected chi connectivity index (χ2v) is 8.08. The lowest BCUT2D eigenvalue weighted by atomic mass is 10.0. The van der Waals surface area contributed by atoms with E-state index in [-0.39, 0.29) is 29.6 Å². The Hall–Kier alpha value is -1.88. The van der Waals surface area contributed by atoms with Crippen molar-refractivity contribution >= 4 is 57.7 Å². The van der Waals surface area contributed by atoms with Gasteiger partial charge in [-0.25, -0.2) is 14.8 Å². The summed E-state index contributed by atoms with van der Waals surface area (Å²) in [5.41, 5.74) is 7.78. The van der Waals surface area contributed by atoms with Gasteiger partial charge in [-0.3, -0.25) is 4.79 Å². The van der Waals surface area contributed by atoms with Crippen LogP contribution in [-0.2, 0) is 9.53 Å². The molecule has 1 amide bonds. The largest absolute Gasteiger partial charge is 0.462 e. The number of ether oxygens (including phenoxy) is 1. The fourth-order valence-electron chi connectivity index (χ4n) is 2.26. The highest BCUT2D eigenvalue weighted by atomic mass is 127. The summed E-state index contributed by atoms with van der Waals surface area (Å²) in [5, 5.41) is 3.25. The molecule has 144 valence electrons. The Labute approximate surface area is 176 Å². The molecule has 1 aromatic carbocycles. The summed E-state index contributed by atoms with van der Waals surface area (Å²) < 4.78 is 6.00. The number of anilines is 2. The number of amides is 1. The van der Waals surface area contributed by atoms with Gasteiger partial charge in [-0.2, -0.15) is 0 Å². The highest BCUT2D eigenvalue weighted by molar-refractivity contribution is 14.1. The molecule has 1 heterocycles. The number of rotatable bonds is 7. The summed E-state index contributed by atoms with van der Waals surface area (Å²) in [6, 6.07) is 5.92. The lowest BCUT2D eigenvalue weighted by Gasteiger charge is -2.14. The molecule has 0 fully saturated rings. The Kier molecular flexibility index (Phi) is 7.84. The van der Waals surface area contributed by atoms with Crippen molar-refractivity contribution < 1.29 is 14.3 Å². The highest BCUT2D eigenvalue weighted by Crippen LogP contribution is 2.26. The van der Waals surface area contributed by atoms with E-state index in [2.05, 4.69) is 57.8 Å². The van der Waals surface area contributed by atoms with Crippen LogP contribution in [0.3, 0.4) is 0 Å². The van der Waals surface area contributed by atoms with E-state index in [9.17, 15) is 9.59 Å². The van der Waals surface area contributed by atoms with Crippen LogP contribution in [0.1, 0.15) is 42.6 Å². The summed E-state index contributed by atoms with van der Waals surface area (Å²) >= 11 is 3.40. The van der Waals surface area contributed by atoms with Crippen LogP contribution in [0.15, 0.2) is 29.6 Å². The van der Waals surface area contributed by atoms with Gasteiger partial charge in [0.25, 0.3) is 0 Å². The molecule has 0 saturated heterocycles. The monoisotopic (exact) mass is 500 g/mol. The topological polar surface area (TPSA) is 107 Å². The number of aromatic nitrogens is 2. The molecule has 0 unspecified atom stereocenters. The lowest BCUT2D eigenvalue weighted by molar-refractivity contribution is -0.113. The molecule has 0 atom stereocenters. The number of hydrogen-bond acceptors (Lipinski definition) is 7. The van der Waals surface area contributed by atoms with Crippen molar-refractivity contribution in [1.29, 1.82) is 0 Å². The van der Waals surface area contributed by atoms with Crippen molar-refractivity contribution in [1.82, 2.24) is 9.97 Å². The molecule has 2 aromatic rings. The van der Waals surface area contributed by atoms with E-state index in [1.165, 1.54) is 6.20 Å². The van der Waals surface area contributed by atoms with Crippen molar-refractivity contribution in [3.05, 3.63) is 39.1 Å². The van der Waals surface area contributed by atoms with Crippen molar-refractivity contribution in [3.8, 4) is 0 Å². The zero-order valence-corrected chi connectivity index (χ0v) is 18.3. The quantitative estimate of drug-likeness (QED) is 0.259. The fraction of sp³-hybridized carbons (Fsp3) is 0.333. The van der Waals surface area contributed by atoms with Gasteiger partial charge in [-0.1, -0.05) is 25.6 Å². The van der Waals surface area contributed by atoms with Gasteiger partial charge in [-0.05, 0) is 59.2 Å². The van der Waals surface area contributed by atoms with Crippen LogP contribution in [0.4, 0.5) is 11.5 Å². The van der Waals surface area contributed by atoms with Crippen LogP contribution >= 0.6 is 34.4 Å². The summed E-state index contributed by atoms with van der Waals surface area (Å²) in [5.74, 6) is -0.280. The number of carbonyl (C=O) groups is 2. The van der Waals surface area contributed by atoms with Crippen LogP contribution in [-0.4, -0.2) is 34.2 Å². The van der Waals surface area contributed by atoms with Gasteiger partial charge in [0.15, 0.2) is 5.16 Å². The standard InChI is InChI=1S/C18H21IN4O3S/c1-4-26-17(25)13-8-21-18(23-16(13)20)27-9-15(24)22-14-6-5-11(19)7-12(14)10(2)3/h5-8,10H,4,9H2,1-3H3,(H,22,24)(H2,20,21,23). The molecule has 1 aromatic heterocycles. The van der Waals surface area contributed by atoms with Gasteiger partial charge in [0, 0.05) is 15.5 Å². The number of nitrogens with zero attached hydrogens (tertiary/aromatic N) is 2. The van der Waals surface area contributed by atoms with Crippen molar-refractivity contribution in [3.63, 3.8) is 0 Å². The third-order valence-electron chi connectivity index (χ3n) is 3.53. The molecule has 9 heteroatoms. The maximum Gasteiger partial charge on any atom is 0.343 e. The number of benzene rings is 1. The lowest BCUT2D eigenvalue weighted by Crippen LogP contribution is -2.16. The first-order valence-corrected chi connectivity index (χ1v) is 10.4. The average Bonchev–Trinajstić information content (AvgIpc) is 2.61. The Balaban J connectivity index is 2.00. The zero-order chi connectivity index (χ0) is 20.0. The molecule has 0 spiro atoms. The number of nitrogens with one attached hydrogen (secondary N) is 1. The Morgan fingerprint density at radius 2 is 2.11 bits per heavy atom. The Morgan fingerprint density at radius 3 is 2.74 bits per heavy atom. The van der Waals surface area contributed by atoms with Gasteiger partial charge in [0.2, 0.25) is 5.91 Å². The first-order chi connectivity index (χ1) is 12.8. The molecule has 7 nitrogen and oxygen atoms in total. The third-order valence-corrected chi connectivity index (χ3v) is 5.07. The molecule has 27 heavy (non-hydrogen) atoms. The third kappa shape index (κ3) is 6.06. The number of thioether (sulfide) groups is 1. The summed E-state index contributed by atoms with van der Waals surface area (Å²) in [7, 11) is 0. The Morgan fingerprint density at radius 1 is 1.37 bits per heavy atom. The first kappa shape index (κ1) is 21.4. The van der Waals surface area contributed by atoms with E-state index >= 15 is 0 Å². The van der Waals surface area contributed by atoms with E-state index in [1.807, 2.05) is 12.1 Å². The molecule has 0 saturated carbocycles. The van der Waals surface area contributed by atoms with Crippen molar-refractivity contribution in [2.75, 3.05) is 23.4 Å². The smallest absolute Gasteiger partial charge is 0.343 e. The number of hydrogen-bond donors (Lipinski definition) is 2. The van der Waals surface area contributed by atoms with Crippen LogP contribution in [0.2, 0.25) is 0 Å². The molecular formula is C18H21IN4O3S. The van der Waals surface area contributed by atoms with Crippen LogP contribution < -0.4 is 11.1 Å². The SMILES string of the molecule is CCOC(=O)c1cnc(SCC(=O)Nc2ccc(I)cc2C(C)C)nc1N. The van der Waals surface area contributed by atoms with Crippen molar-refractivity contribution in [2.45, 2.75) is 31.8 Å². The van der Waals surface area contributed by atoms with E-state index in [1.54, 1.807) is 6.92 Å². The number of carbonyl (C=O) groups excluding carboxylic acids is 2. The maximum atomic E-state index is 12.3. The predicted octanol–water partition coefficient (Wildman–Crippen LogP) is 3.69. The van der Waals surface area contributed by atoms with Gasteiger partial charge >= 0.3 is 5.97 Å². The Bertz CT molecular complexity index is 845. The van der Waals surface area contributed by atoms with Gasteiger partial charge in [-0.15, -0.1) is 0 Å². The summed E-state index contributed by atoms with van der Waals surface area (Å²) in [6.07, 6.45) is 1.32. The number of nitrogens with two attached hydrogens (primary N) is 1. The summed E-state index contributed by atoms with van der Waals surface area (Å²) in [4.78, 5) is 32.1. The molecular weight excluding hydrogens is 479 g/mol. The number of nitrogen functional groups attached to an aromatic ring is 1. The maximum absolute atomic E-state index is 12.3. The predicted molar refractivity (Wildman–Crippen MR) is 115 cm³/mol. The molecule has 2 rings (SSSR count). The molecule has 0 radical (unpaired) electrons. The van der Waals surface area contributed by atoms with Gasteiger partial charge < -0.3 is 15.8 Å². The van der Waals surface area contributed by atoms with E-state index < -0.39 is 5.97 Å². The molecule has 0 aliphatic rings. The normalized spacial score (nSPS) is 10.7. The minimum atomic E-state index is -0.566. The van der Waals surface area contributed by atoms with Crippen LogP contribution in [0.25, 0.3) is 0 Å². The zero-order valence-electron chi connectivity index (χ0n) is 15.3. The first-order valence-electron chi connectivity index (χ1n) is 8.33. The van der Waals surface area contributed by atoms with E-state index in [0.29, 0.717) is 11.1 Å². The molecule has 3 N–H and O–H groups in total. The molecule has 0 aliphatic heterocycles. The minimum Gasteiger partial charge on any atom is -0.462 e.